The Labute approximate surface area is 172 Å². The highest BCUT2D eigenvalue weighted by Gasteiger charge is 2.38. The van der Waals surface area contributed by atoms with Crippen LogP contribution in [0, 0.1) is 0 Å². The zero-order valence-corrected chi connectivity index (χ0v) is 17.5. The van der Waals surface area contributed by atoms with Gasteiger partial charge < -0.3 is 15.1 Å². The van der Waals surface area contributed by atoms with Crippen molar-refractivity contribution in [2.45, 2.75) is 63.8 Å². The maximum absolute atomic E-state index is 9.67. The topological polar surface area (TPSA) is 65.3 Å². The van der Waals surface area contributed by atoms with Crippen LogP contribution in [-0.2, 0) is 15.6 Å². The van der Waals surface area contributed by atoms with E-state index in [0.29, 0.717) is 5.71 Å². The van der Waals surface area contributed by atoms with Gasteiger partial charge in [0.2, 0.25) is 0 Å². The number of allylic oxidation sites excluding steroid dienone is 1. The molecule has 0 saturated carbocycles. The molecule has 2 N–H and O–H groups in total. The van der Waals surface area contributed by atoms with Gasteiger partial charge in [0.1, 0.15) is 11.8 Å². The van der Waals surface area contributed by atoms with E-state index in [-0.39, 0.29) is 16.9 Å². The lowest BCUT2D eigenvalue weighted by Crippen LogP contribution is -2.34. The quantitative estimate of drug-likeness (QED) is 0.321. The summed E-state index contributed by atoms with van der Waals surface area (Å²) >= 11 is 0. The summed E-state index contributed by atoms with van der Waals surface area (Å²) in [4.78, 5) is 0. The fourth-order valence-corrected chi connectivity index (χ4v) is 4.30. The van der Waals surface area contributed by atoms with Crippen LogP contribution in [0.4, 0.5) is 0 Å². The van der Waals surface area contributed by atoms with Crippen LogP contribution in [0.5, 0.6) is 0 Å². The summed E-state index contributed by atoms with van der Waals surface area (Å²) in [5, 5.41) is 22.7. The van der Waals surface area contributed by atoms with Crippen LogP contribution in [0.15, 0.2) is 53.7 Å². The Morgan fingerprint density at radius 2 is 1.72 bits per heavy atom. The molecule has 29 heavy (non-hydrogen) atoms. The zero-order chi connectivity index (χ0) is 20.8. The molecule has 2 aliphatic rings. The maximum Gasteiger partial charge on any atom is 0.186 e. The van der Waals surface area contributed by atoms with E-state index in [1.54, 1.807) is 0 Å². The van der Waals surface area contributed by atoms with Crippen molar-refractivity contribution >= 4 is 11.8 Å². The first kappa shape index (κ1) is 19.9. The van der Waals surface area contributed by atoms with E-state index in [1.165, 1.54) is 17.5 Å². The largest absolute Gasteiger partial charge is 0.410 e. The number of epoxide rings is 1. The monoisotopic (exact) mass is 391 g/mol. The standard InChI is InChI=1S/C25H29NO3/c1-24(2)12-13-25(3,4)20-15-17(9-10-19(20)24)21(26-28)11-8-16-6-5-7-18(14-16)22-23(27)29-22/h5-11,14-15,22-23,27-28H,12-13H2,1-4H3/b11-8+,26-21+. The van der Waals surface area contributed by atoms with Crippen molar-refractivity contribution in [1.82, 2.24) is 0 Å². The molecule has 2 atom stereocenters. The number of ether oxygens (including phenoxy) is 1. The lowest BCUT2D eigenvalue weighted by molar-refractivity contribution is 0.156. The number of oxime groups is 1. The summed E-state index contributed by atoms with van der Waals surface area (Å²) in [6.45, 7) is 9.18. The van der Waals surface area contributed by atoms with E-state index < -0.39 is 6.29 Å². The Hall–Kier alpha value is -2.43. The second-order valence-corrected chi connectivity index (χ2v) is 9.46. The van der Waals surface area contributed by atoms with Crippen molar-refractivity contribution in [3.8, 4) is 0 Å². The van der Waals surface area contributed by atoms with Crippen molar-refractivity contribution in [3.05, 3.63) is 76.4 Å². The third kappa shape index (κ3) is 3.87. The van der Waals surface area contributed by atoms with Gasteiger partial charge in [0.25, 0.3) is 0 Å². The number of fused-ring (bicyclic) bond motifs is 1. The number of rotatable bonds is 4. The summed E-state index contributed by atoms with van der Waals surface area (Å²) in [5.74, 6) is 0. The molecule has 4 heteroatoms. The van der Waals surface area contributed by atoms with Gasteiger partial charge in [-0.2, -0.15) is 0 Å². The third-order valence-corrected chi connectivity index (χ3v) is 6.40. The van der Waals surface area contributed by atoms with Gasteiger partial charge in [-0.1, -0.05) is 69.3 Å². The first-order chi connectivity index (χ1) is 13.7. The predicted octanol–water partition coefficient (Wildman–Crippen LogP) is 5.32. The fraction of sp³-hybridized carbons (Fsp3) is 0.400. The van der Waals surface area contributed by atoms with Crippen LogP contribution in [0.3, 0.4) is 0 Å². The molecule has 0 amide bonds. The molecule has 2 aromatic rings. The van der Waals surface area contributed by atoms with Gasteiger partial charge in [-0.3, -0.25) is 0 Å². The Morgan fingerprint density at radius 3 is 2.38 bits per heavy atom. The van der Waals surface area contributed by atoms with Crippen LogP contribution in [0.2, 0.25) is 0 Å². The van der Waals surface area contributed by atoms with Gasteiger partial charge in [0.15, 0.2) is 6.29 Å². The molecule has 0 bridgehead atoms. The number of hydrogen-bond donors (Lipinski definition) is 2. The normalized spacial score (nSPS) is 25.1. The highest BCUT2D eigenvalue weighted by molar-refractivity contribution is 6.10. The van der Waals surface area contributed by atoms with Crippen molar-refractivity contribution in [1.29, 1.82) is 0 Å². The molecular formula is C25H29NO3. The van der Waals surface area contributed by atoms with Crippen LogP contribution >= 0.6 is 0 Å². The Kier molecular flexibility index (Phi) is 4.88. The van der Waals surface area contributed by atoms with E-state index in [0.717, 1.165) is 23.1 Å². The molecule has 1 heterocycles. The van der Waals surface area contributed by atoms with Gasteiger partial charge in [-0.25, -0.2) is 0 Å². The predicted molar refractivity (Wildman–Crippen MR) is 115 cm³/mol. The average molecular weight is 392 g/mol. The molecule has 0 spiro atoms. The van der Waals surface area contributed by atoms with E-state index in [9.17, 15) is 10.3 Å². The number of aliphatic hydroxyl groups excluding tert-OH is 1. The van der Waals surface area contributed by atoms with Crippen molar-refractivity contribution in [2.75, 3.05) is 0 Å². The van der Waals surface area contributed by atoms with Gasteiger partial charge in [0, 0.05) is 5.56 Å². The molecule has 1 fully saturated rings. The maximum atomic E-state index is 9.67. The van der Waals surface area contributed by atoms with Crippen LogP contribution in [0.1, 0.15) is 74.5 Å². The number of nitrogens with zero attached hydrogens (tertiary/aromatic N) is 1. The molecular weight excluding hydrogens is 362 g/mol. The minimum absolute atomic E-state index is 0.102. The Bertz CT molecular complexity index is 987. The minimum atomic E-state index is -0.702. The second kappa shape index (κ2) is 7.12. The third-order valence-electron chi connectivity index (χ3n) is 6.40. The average Bonchev–Trinajstić information content (AvgIpc) is 3.43. The van der Waals surface area contributed by atoms with Gasteiger partial charge in [-0.05, 0) is 64.1 Å². The Morgan fingerprint density at radius 1 is 1.03 bits per heavy atom. The molecule has 4 nitrogen and oxygen atoms in total. The minimum Gasteiger partial charge on any atom is -0.410 e. The van der Waals surface area contributed by atoms with E-state index >= 15 is 0 Å². The summed E-state index contributed by atoms with van der Waals surface area (Å²) in [7, 11) is 0. The van der Waals surface area contributed by atoms with Crippen LogP contribution in [0.25, 0.3) is 6.08 Å². The highest BCUT2D eigenvalue weighted by Crippen LogP contribution is 2.46. The van der Waals surface area contributed by atoms with Crippen molar-refractivity contribution in [2.24, 2.45) is 5.16 Å². The summed E-state index contributed by atoms with van der Waals surface area (Å²) in [6, 6.07) is 14.2. The second-order valence-electron chi connectivity index (χ2n) is 9.46. The highest BCUT2D eigenvalue weighted by atomic mass is 16.7. The molecule has 152 valence electrons. The van der Waals surface area contributed by atoms with Crippen LogP contribution < -0.4 is 0 Å². The molecule has 0 aromatic heterocycles. The summed E-state index contributed by atoms with van der Waals surface area (Å²) in [5.41, 5.74) is 6.32. The van der Waals surface area contributed by atoms with E-state index in [1.807, 2.05) is 42.5 Å². The lowest BCUT2D eigenvalue weighted by Gasteiger charge is -2.42. The Balaban J connectivity index is 1.63. The molecule has 4 rings (SSSR count). The molecule has 2 aromatic carbocycles. The van der Waals surface area contributed by atoms with E-state index in [4.69, 9.17) is 4.74 Å². The van der Waals surface area contributed by atoms with Gasteiger partial charge >= 0.3 is 0 Å². The number of aliphatic hydroxyl groups is 1. The molecule has 1 saturated heterocycles. The first-order valence-electron chi connectivity index (χ1n) is 10.2. The summed E-state index contributed by atoms with van der Waals surface area (Å²) < 4.78 is 5.13. The number of benzene rings is 2. The van der Waals surface area contributed by atoms with E-state index in [2.05, 4.69) is 45.0 Å². The lowest BCUT2D eigenvalue weighted by atomic mass is 9.63. The first-order valence-corrected chi connectivity index (χ1v) is 10.2. The number of hydrogen-bond acceptors (Lipinski definition) is 4. The zero-order valence-electron chi connectivity index (χ0n) is 17.5. The fourth-order valence-electron chi connectivity index (χ4n) is 4.30. The SMILES string of the molecule is CC1(C)CCC(C)(C)c2cc(C(/C=C/c3cccc(C4OC4O)c3)=N/O)ccc21. The molecule has 1 aliphatic heterocycles. The van der Waals surface area contributed by atoms with Crippen LogP contribution in [-0.4, -0.2) is 22.3 Å². The smallest absolute Gasteiger partial charge is 0.186 e. The van der Waals surface area contributed by atoms with Crippen molar-refractivity contribution in [3.63, 3.8) is 0 Å². The molecule has 2 unspecified atom stereocenters. The van der Waals surface area contributed by atoms with Crippen molar-refractivity contribution < 1.29 is 15.1 Å². The van der Waals surface area contributed by atoms with Gasteiger partial charge in [0.05, 0.1) is 0 Å². The molecule has 1 aliphatic carbocycles. The molecule has 0 radical (unpaired) electrons. The summed E-state index contributed by atoms with van der Waals surface area (Å²) in [6.07, 6.45) is 5.11. The van der Waals surface area contributed by atoms with Gasteiger partial charge in [-0.15, -0.1) is 0 Å².